The Bertz CT molecular complexity index is 843. The molecular formula is C20H22N2O3S2. The van der Waals surface area contributed by atoms with Crippen molar-refractivity contribution in [2.24, 2.45) is 17.8 Å². The largest absolute Gasteiger partial charge is 0.307 e. The first-order valence-corrected chi connectivity index (χ1v) is 10.9. The zero-order valence-corrected chi connectivity index (χ0v) is 16.7. The van der Waals surface area contributed by atoms with Crippen LogP contribution in [0.25, 0.3) is 0 Å². The summed E-state index contributed by atoms with van der Waals surface area (Å²) in [5, 5.41) is 2.01. The Kier molecular flexibility index (Phi) is 5.23. The first-order valence-electron chi connectivity index (χ1n) is 9.23. The highest BCUT2D eigenvalue weighted by molar-refractivity contribution is 8.00. The number of thioether (sulfide) groups is 1. The molecule has 2 bridgehead atoms. The minimum Gasteiger partial charge on any atom is -0.307 e. The summed E-state index contributed by atoms with van der Waals surface area (Å²) in [6.45, 7) is 1.94. The average molecular weight is 403 g/mol. The van der Waals surface area contributed by atoms with Crippen LogP contribution in [0.5, 0.6) is 0 Å². The quantitative estimate of drug-likeness (QED) is 0.796. The second-order valence-electron chi connectivity index (χ2n) is 7.50. The van der Waals surface area contributed by atoms with Gasteiger partial charge in [0.25, 0.3) is 0 Å². The van der Waals surface area contributed by atoms with E-state index in [1.54, 1.807) is 12.1 Å². The third kappa shape index (κ3) is 3.62. The normalized spacial score (nSPS) is 27.1. The van der Waals surface area contributed by atoms with Crippen LogP contribution in [-0.2, 0) is 16.0 Å². The Balaban J connectivity index is 0.000000138. The lowest BCUT2D eigenvalue weighted by Crippen LogP contribution is -2.29. The Morgan fingerprint density at radius 1 is 1.11 bits per heavy atom. The molecule has 1 aliphatic heterocycles. The smallest absolute Gasteiger partial charge is 0.305 e. The number of benzene rings is 1. The van der Waals surface area contributed by atoms with Gasteiger partial charge in [-0.05, 0) is 62.5 Å². The fourth-order valence-corrected chi connectivity index (χ4v) is 7.32. The summed E-state index contributed by atoms with van der Waals surface area (Å²) >= 11 is 3.40. The van der Waals surface area contributed by atoms with Crippen molar-refractivity contribution in [1.82, 2.24) is 4.98 Å². The molecule has 2 aliphatic carbocycles. The van der Waals surface area contributed by atoms with Gasteiger partial charge in [-0.2, -0.15) is 0 Å². The molecule has 4 atom stereocenters. The lowest BCUT2D eigenvalue weighted by molar-refractivity contribution is -0.113. The van der Waals surface area contributed by atoms with Crippen molar-refractivity contribution in [2.45, 2.75) is 42.9 Å². The lowest BCUT2D eigenvalue weighted by Gasteiger charge is -2.33. The average Bonchev–Trinajstić information content (AvgIpc) is 3.36. The number of aromatic nitrogens is 1. The summed E-state index contributed by atoms with van der Waals surface area (Å²) in [7, 11) is 0. The van der Waals surface area contributed by atoms with Crippen molar-refractivity contribution in [3.05, 3.63) is 44.4 Å². The van der Waals surface area contributed by atoms with Gasteiger partial charge in [0, 0.05) is 10.1 Å². The van der Waals surface area contributed by atoms with Crippen molar-refractivity contribution in [1.29, 1.82) is 0 Å². The van der Waals surface area contributed by atoms with E-state index < -0.39 is 0 Å². The van der Waals surface area contributed by atoms with Crippen LogP contribution in [0.2, 0.25) is 0 Å². The third-order valence-corrected chi connectivity index (χ3v) is 8.55. The van der Waals surface area contributed by atoms with Crippen molar-refractivity contribution < 1.29 is 9.59 Å². The van der Waals surface area contributed by atoms with Gasteiger partial charge in [0.2, 0.25) is 12.8 Å². The first-order chi connectivity index (χ1) is 13.1. The monoisotopic (exact) mass is 402 g/mol. The van der Waals surface area contributed by atoms with E-state index in [1.165, 1.54) is 46.9 Å². The summed E-state index contributed by atoms with van der Waals surface area (Å²) in [5.74, 6) is 2.80. The molecule has 142 valence electrons. The highest BCUT2D eigenvalue weighted by Crippen LogP contribution is 2.58. The highest BCUT2D eigenvalue weighted by Gasteiger charge is 2.50. The standard InChI is InChI=1S/C11H13NOS2.C9H9NO2/c13-11-12-10-8(14-11)4-7-5-1-2-6(3-5)9(7)15-10;1-8-2-4-9(5-3-8)10(6-11)7-12/h5-7,9H,1-4H2,(H,12,13);2-7H,1H3/t5-,6+,7+,9-;/m0./s1. The molecule has 0 spiro atoms. The zero-order valence-electron chi connectivity index (χ0n) is 15.1. The van der Waals surface area contributed by atoms with Crippen LogP contribution in [0.3, 0.4) is 0 Å². The summed E-state index contributed by atoms with van der Waals surface area (Å²) in [6.07, 6.45) is 6.48. The molecular weight excluding hydrogens is 380 g/mol. The van der Waals surface area contributed by atoms with Crippen LogP contribution in [0.15, 0.2) is 34.1 Å². The van der Waals surface area contributed by atoms with Gasteiger partial charge >= 0.3 is 4.87 Å². The molecule has 0 radical (unpaired) electrons. The van der Waals surface area contributed by atoms with Crippen molar-refractivity contribution in [2.75, 3.05) is 4.90 Å². The van der Waals surface area contributed by atoms with E-state index in [0.29, 0.717) is 18.5 Å². The lowest BCUT2D eigenvalue weighted by atomic mass is 9.85. The zero-order chi connectivity index (χ0) is 19.0. The number of anilines is 1. The van der Waals surface area contributed by atoms with Crippen LogP contribution in [0, 0.1) is 24.7 Å². The molecule has 1 aromatic heterocycles. The summed E-state index contributed by atoms with van der Waals surface area (Å²) < 4.78 is 0. The maximum absolute atomic E-state index is 11.3. The number of aryl methyl sites for hydroxylation is 1. The number of nitrogens with one attached hydrogen (secondary N) is 1. The summed E-state index contributed by atoms with van der Waals surface area (Å²) in [6, 6.07) is 7.13. The molecule has 2 aromatic rings. The van der Waals surface area contributed by atoms with Crippen molar-refractivity contribution in [3.8, 4) is 0 Å². The molecule has 3 aliphatic rings. The predicted molar refractivity (Wildman–Crippen MR) is 108 cm³/mol. The molecule has 2 fully saturated rings. The van der Waals surface area contributed by atoms with E-state index in [1.807, 2.05) is 30.8 Å². The Labute approximate surface area is 166 Å². The van der Waals surface area contributed by atoms with Gasteiger partial charge in [-0.15, -0.1) is 11.8 Å². The summed E-state index contributed by atoms with van der Waals surface area (Å²) in [4.78, 5) is 37.4. The fourth-order valence-electron chi connectivity index (χ4n) is 4.61. The number of amides is 2. The number of imide groups is 1. The molecule has 2 amide bonds. The van der Waals surface area contributed by atoms with Crippen molar-refractivity contribution >= 4 is 41.6 Å². The van der Waals surface area contributed by atoms with Crippen LogP contribution in [-0.4, -0.2) is 23.1 Å². The van der Waals surface area contributed by atoms with Gasteiger partial charge in [-0.25, -0.2) is 0 Å². The van der Waals surface area contributed by atoms with E-state index >= 15 is 0 Å². The first kappa shape index (κ1) is 18.5. The van der Waals surface area contributed by atoms with E-state index in [4.69, 9.17) is 0 Å². The Morgan fingerprint density at radius 2 is 1.81 bits per heavy atom. The van der Waals surface area contributed by atoms with E-state index in [9.17, 15) is 14.4 Å². The van der Waals surface area contributed by atoms with Gasteiger partial charge in [-0.3, -0.25) is 19.3 Å². The topological polar surface area (TPSA) is 70.2 Å². The number of H-pyrrole nitrogens is 1. The van der Waals surface area contributed by atoms with E-state index in [-0.39, 0.29) is 4.87 Å². The van der Waals surface area contributed by atoms with Gasteiger partial charge in [0.15, 0.2) is 0 Å². The molecule has 1 N–H and O–H groups in total. The Morgan fingerprint density at radius 3 is 2.52 bits per heavy atom. The Hall–Kier alpha value is -1.86. The number of hydrogen-bond acceptors (Lipinski definition) is 5. The van der Waals surface area contributed by atoms with Crippen LogP contribution >= 0.6 is 23.1 Å². The molecule has 5 nitrogen and oxygen atoms in total. The number of hydrogen-bond donors (Lipinski definition) is 1. The predicted octanol–water partition coefficient (Wildman–Crippen LogP) is 3.61. The van der Waals surface area contributed by atoms with Crippen LogP contribution in [0.1, 0.15) is 29.7 Å². The van der Waals surface area contributed by atoms with Gasteiger partial charge in [-0.1, -0.05) is 29.0 Å². The molecule has 2 saturated carbocycles. The maximum Gasteiger partial charge on any atom is 0.305 e. The molecule has 1 aromatic carbocycles. The van der Waals surface area contributed by atoms with Crippen LogP contribution in [0.4, 0.5) is 5.69 Å². The number of carbonyl (C=O) groups is 2. The van der Waals surface area contributed by atoms with E-state index in [0.717, 1.165) is 33.5 Å². The fraction of sp³-hybridized carbons (Fsp3) is 0.450. The highest BCUT2D eigenvalue weighted by atomic mass is 32.2. The number of aromatic amines is 1. The van der Waals surface area contributed by atoms with Crippen LogP contribution < -0.4 is 9.77 Å². The number of carbonyl (C=O) groups excluding carboxylic acids is 2. The molecule has 7 heteroatoms. The number of rotatable bonds is 3. The molecule has 0 saturated heterocycles. The maximum atomic E-state index is 11.3. The molecule has 5 rings (SSSR count). The number of nitrogens with zero attached hydrogens (tertiary/aromatic N) is 1. The van der Waals surface area contributed by atoms with E-state index in [2.05, 4.69) is 4.98 Å². The molecule has 0 unspecified atom stereocenters. The number of fused-ring (bicyclic) bond motifs is 6. The third-order valence-electron chi connectivity index (χ3n) is 5.92. The molecule has 27 heavy (non-hydrogen) atoms. The SMILES string of the molecule is Cc1ccc(N(C=O)C=O)cc1.O=c1[nH]c2c(s1)C[C@@H]1[C@H]3CC[C@H](C3)[C@@H]1S2. The van der Waals surface area contributed by atoms with Gasteiger partial charge in [0.05, 0.1) is 10.7 Å². The second kappa shape index (κ2) is 7.64. The minimum atomic E-state index is 0.139. The molecule has 2 heterocycles. The van der Waals surface area contributed by atoms with Gasteiger partial charge < -0.3 is 4.98 Å². The van der Waals surface area contributed by atoms with Crippen molar-refractivity contribution in [3.63, 3.8) is 0 Å². The number of thiazole rings is 1. The summed E-state index contributed by atoms with van der Waals surface area (Å²) in [5.41, 5.74) is 1.68. The minimum absolute atomic E-state index is 0.139. The second-order valence-corrected chi connectivity index (χ2v) is 9.76. The van der Waals surface area contributed by atoms with Gasteiger partial charge in [0.1, 0.15) is 0 Å².